The fraction of sp³-hybridized carbons (Fsp3) is 0.500. The number of fused-ring (bicyclic) bond motifs is 1. The van der Waals surface area contributed by atoms with Crippen LogP contribution in [-0.4, -0.2) is 51.7 Å². The molecule has 0 saturated heterocycles. The first kappa shape index (κ1) is 15.2. The molecular formula is C14H20N2O3S. The molecule has 20 heavy (non-hydrogen) atoms. The summed E-state index contributed by atoms with van der Waals surface area (Å²) in [6, 6.07) is 8.12. The molecule has 2 aromatic rings. The maximum atomic E-state index is 5.46. The summed E-state index contributed by atoms with van der Waals surface area (Å²) in [6.45, 7) is 3.83. The first-order valence-electron chi connectivity index (χ1n) is 6.64. The Hall–Kier alpha value is -1.21. The minimum atomic E-state index is 0.602. The number of benzene rings is 1. The van der Waals surface area contributed by atoms with Crippen LogP contribution in [0.5, 0.6) is 0 Å². The summed E-state index contributed by atoms with van der Waals surface area (Å²) in [5.74, 6) is 0. The highest BCUT2D eigenvalue weighted by atomic mass is 32.1. The standard InChI is InChI=1S/C14H20N2O3S/c1-17-8-9-19-11-10-18-7-6-15-14-16-12-4-2-3-5-13(12)20-14/h2-5H,6-11H2,1H3,(H,15,16). The van der Waals surface area contributed by atoms with Gasteiger partial charge in [0.1, 0.15) is 0 Å². The second kappa shape index (κ2) is 8.86. The van der Waals surface area contributed by atoms with Gasteiger partial charge in [0, 0.05) is 13.7 Å². The molecule has 0 aliphatic carbocycles. The van der Waals surface area contributed by atoms with Crippen molar-refractivity contribution in [3.05, 3.63) is 24.3 Å². The average Bonchev–Trinajstić information content (AvgIpc) is 2.88. The van der Waals surface area contributed by atoms with Crippen LogP contribution in [0.2, 0.25) is 0 Å². The lowest BCUT2D eigenvalue weighted by Gasteiger charge is -2.05. The Labute approximate surface area is 122 Å². The molecular weight excluding hydrogens is 276 g/mol. The van der Waals surface area contributed by atoms with Gasteiger partial charge in [-0.3, -0.25) is 0 Å². The van der Waals surface area contributed by atoms with Crippen molar-refractivity contribution in [2.45, 2.75) is 0 Å². The smallest absolute Gasteiger partial charge is 0.183 e. The highest BCUT2D eigenvalue weighted by Gasteiger charge is 2.01. The highest BCUT2D eigenvalue weighted by Crippen LogP contribution is 2.24. The van der Waals surface area contributed by atoms with Crippen LogP contribution in [0.3, 0.4) is 0 Å². The maximum absolute atomic E-state index is 5.46. The molecule has 0 aliphatic rings. The van der Waals surface area contributed by atoms with Gasteiger partial charge in [-0.05, 0) is 12.1 Å². The van der Waals surface area contributed by atoms with Crippen molar-refractivity contribution in [1.82, 2.24) is 4.98 Å². The lowest BCUT2D eigenvalue weighted by atomic mass is 10.3. The average molecular weight is 296 g/mol. The monoisotopic (exact) mass is 296 g/mol. The van der Waals surface area contributed by atoms with Crippen molar-refractivity contribution in [3.8, 4) is 0 Å². The zero-order valence-electron chi connectivity index (χ0n) is 11.6. The van der Waals surface area contributed by atoms with E-state index in [2.05, 4.69) is 16.4 Å². The van der Waals surface area contributed by atoms with Gasteiger partial charge in [0.25, 0.3) is 0 Å². The van der Waals surface area contributed by atoms with E-state index in [1.165, 1.54) is 4.70 Å². The lowest BCUT2D eigenvalue weighted by molar-refractivity contribution is 0.0272. The van der Waals surface area contributed by atoms with Gasteiger partial charge < -0.3 is 19.5 Å². The van der Waals surface area contributed by atoms with Gasteiger partial charge in [-0.2, -0.15) is 0 Å². The topological polar surface area (TPSA) is 52.6 Å². The van der Waals surface area contributed by atoms with E-state index in [1.54, 1.807) is 18.4 Å². The van der Waals surface area contributed by atoms with Crippen molar-refractivity contribution >= 4 is 26.7 Å². The zero-order chi connectivity index (χ0) is 14.0. The second-order valence-corrected chi connectivity index (χ2v) is 5.16. The number of nitrogens with one attached hydrogen (secondary N) is 1. The summed E-state index contributed by atoms with van der Waals surface area (Å²) in [5, 5.41) is 4.20. The molecule has 1 heterocycles. The van der Waals surface area contributed by atoms with Crippen molar-refractivity contribution in [3.63, 3.8) is 0 Å². The normalized spacial score (nSPS) is 11.1. The van der Waals surface area contributed by atoms with E-state index >= 15 is 0 Å². The van der Waals surface area contributed by atoms with Crippen LogP contribution in [0.25, 0.3) is 10.2 Å². The van der Waals surface area contributed by atoms with Gasteiger partial charge in [-0.15, -0.1) is 0 Å². The molecule has 5 nitrogen and oxygen atoms in total. The molecule has 110 valence electrons. The van der Waals surface area contributed by atoms with E-state index in [-0.39, 0.29) is 0 Å². The summed E-state index contributed by atoms with van der Waals surface area (Å²) in [4.78, 5) is 4.49. The van der Waals surface area contributed by atoms with E-state index in [0.29, 0.717) is 33.0 Å². The number of hydrogen-bond donors (Lipinski definition) is 1. The quantitative estimate of drug-likeness (QED) is 0.682. The van der Waals surface area contributed by atoms with E-state index < -0.39 is 0 Å². The molecule has 2 rings (SSSR count). The maximum Gasteiger partial charge on any atom is 0.183 e. The number of thiazole rings is 1. The van der Waals surface area contributed by atoms with Crippen LogP contribution in [0.4, 0.5) is 5.13 Å². The molecule has 0 saturated carbocycles. The molecule has 0 atom stereocenters. The molecule has 0 bridgehead atoms. The van der Waals surface area contributed by atoms with Gasteiger partial charge >= 0.3 is 0 Å². The Kier molecular flexibility index (Phi) is 6.73. The molecule has 1 N–H and O–H groups in total. The van der Waals surface area contributed by atoms with Crippen LogP contribution in [0, 0.1) is 0 Å². The van der Waals surface area contributed by atoms with E-state index in [9.17, 15) is 0 Å². The van der Waals surface area contributed by atoms with Crippen LogP contribution in [-0.2, 0) is 14.2 Å². The minimum absolute atomic E-state index is 0.602. The van der Waals surface area contributed by atoms with Gasteiger partial charge in [-0.1, -0.05) is 23.5 Å². The molecule has 1 aromatic carbocycles. The highest BCUT2D eigenvalue weighted by molar-refractivity contribution is 7.22. The number of aromatic nitrogens is 1. The molecule has 6 heteroatoms. The van der Waals surface area contributed by atoms with Crippen molar-refractivity contribution in [2.24, 2.45) is 0 Å². The number of nitrogens with zero attached hydrogens (tertiary/aromatic N) is 1. The predicted octanol–water partition coefficient (Wildman–Crippen LogP) is 2.39. The molecule has 0 fully saturated rings. The minimum Gasteiger partial charge on any atom is -0.382 e. The van der Waals surface area contributed by atoms with Crippen LogP contribution in [0.15, 0.2) is 24.3 Å². The summed E-state index contributed by atoms with van der Waals surface area (Å²) in [5.41, 5.74) is 1.03. The Morgan fingerprint density at radius 1 is 1.05 bits per heavy atom. The number of ether oxygens (including phenoxy) is 3. The van der Waals surface area contributed by atoms with Gasteiger partial charge in [0.2, 0.25) is 0 Å². The fourth-order valence-corrected chi connectivity index (χ4v) is 2.53. The Balaban J connectivity index is 1.55. The Bertz CT molecular complexity index is 471. The SMILES string of the molecule is COCCOCCOCCNc1nc2ccccc2s1. The third kappa shape index (κ3) is 5.05. The zero-order valence-corrected chi connectivity index (χ0v) is 12.4. The van der Waals surface area contributed by atoms with Gasteiger partial charge in [0.05, 0.1) is 43.3 Å². The number of hydrogen-bond acceptors (Lipinski definition) is 6. The van der Waals surface area contributed by atoms with Gasteiger partial charge in [-0.25, -0.2) is 4.98 Å². The predicted molar refractivity (Wildman–Crippen MR) is 81.6 cm³/mol. The Morgan fingerprint density at radius 2 is 1.80 bits per heavy atom. The van der Waals surface area contributed by atoms with Crippen LogP contribution < -0.4 is 5.32 Å². The molecule has 0 radical (unpaired) electrons. The largest absolute Gasteiger partial charge is 0.382 e. The van der Waals surface area contributed by atoms with Crippen LogP contribution in [0.1, 0.15) is 0 Å². The van der Waals surface area contributed by atoms with Crippen molar-refractivity contribution in [2.75, 3.05) is 52.0 Å². The Morgan fingerprint density at radius 3 is 2.60 bits per heavy atom. The summed E-state index contributed by atoms with van der Waals surface area (Å²) < 4.78 is 16.8. The number of para-hydroxylation sites is 1. The summed E-state index contributed by atoms with van der Waals surface area (Å²) in [6.07, 6.45) is 0. The van der Waals surface area contributed by atoms with Crippen LogP contribution >= 0.6 is 11.3 Å². The third-order valence-electron chi connectivity index (χ3n) is 2.62. The molecule has 0 aliphatic heterocycles. The third-order valence-corrected chi connectivity index (χ3v) is 3.61. The fourth-order valence-electron chi connectivity index (χ4n) is 1.64. The molecule has 0 unspecified atom stereocenters. The first-order valence-corrected chi connectivity index (χ1v) is 7.45. The lowest BCUT2D eigenvalue weighted by Crippen LogP contribution is -2.13. The van der Waals surface area contributed by atoms with E-state index in [1.807, 2.05) is 18.2 Å². The second-order valence-electron chi connectivity index (χ2n) is 4.13. The summed E-state index contributed by atoms with van der Waals surface area (Å²) >= 11 is 1.66. The van der Waals surface area contributed by atoms with Gasteiger partial charge in [0.15, 0.2) is 5.13 Å². The number of methoxy groups -OCH3 is 1. The number of rotatable bonds is 10. The van der Waals surface area contributed by atoms with Crippen molar-refractivity contribution in [1.29, 1.82) is 0 Å². The van der Waals surface area contributed by atoms with E-state index in [4.69, 9.17) is 14.2 Å². The molecule has 0 amide bonds. The number of anilines is 1. The van der Waals surface area contributed by atoms with E-state index in [0.717, 1.165) is 17.2 Å². The first-order chi connectivity index (χ1) is 9.90. The molecule has 1 aromatic heterocycles. The van der Waals surface area contributed by atoms with Crippen molar-refractivity contribution < 1.29 is 14.2 Å². The molecule has 0 spiro atoms. The summed E-state index contributed by atoms with van der Waals surface area (Å²) in [7, 11) is 1.66.